The third-order valence-electron chi connectivity index (χ3n) is 7.83. The maximum Gasteiger partial charge on any atom is 0.303 e. The molecular formula is C35H36ClNNaO3S. The third kappa shape index (κ3) is 8.72. The SMILES string of the molecule is CC(C)(O)c1ccccc1CC[C@@H](SCC1(CC(=O)O)CC1)c1cccc(/C=C/c2ccc3ccc(Cl)cc3n2)c1.[Na]. The number of pyridine rings is 1. The zero-order chi connectivity index (χ0) is 29.0. The van der Waals surface area contributed by atoms with E-state index < -0.39 is 11.6 Å². The predicted molar refractivity (Wildman–Crippen MR) is 177 cm³/mol. The van der Waals surface area contributed by atoms with Crippen molar-refractivity contribution in [3.63, 3.8) is 0 Å². The Labute approximate surface area is 279 Å². The van der Waals surface area contributed by atoms with E-state index in [1.165, 1.54) is 5.56 Å². The van der Waals surface area contributed by atoms with Gasteiger partial charge in [-0.1, -0.05) is 78.3 Å². The second-order valence-corrected chi connectivity index (χ2v) is 13.3. The molecule has 7 heteroatoms. The van der Waals surface area contributed by atoms with E-state index in [0.29, 0.717) is 5.02 Å². The first-order chi connectivity index (χ1) is 19.6. The molecule has 1 aromatic heterocycles. The van der Waals surface area contributed by atoms with Crippen LogP contribution in [0.1, 0.15) is 72.7 Å². The van der Waals surface area contributed by atoms with Crippen LogP contribution < -0.4 is 0 Å². The predicted octanol–water partition coefficient (Wildman–Crippen LogP) is 8.57. The Bertz CT molecular complexity index is 1580. The number of fused-ring (bicyclic) bond motifs is 1. The van der Waals surface area contributed by atoms with Gasteiger partial charge in [0.15, 0.2) is 0 Å². The number of rotatable bonds is 12. The van der Waals surface area contributed by atoms with Gasteiger partial charge in [-0.25, -0.2) is 4.98 Å². The topological polar surface area (TPSA) is 70.4 Å². The van der Waals surface area contributed by atoms with Gasteiger partial charge >= 0.3 is 5.97 Å². The van der Waals surface area contributed by atoms with Crippen LogP contribution >= 0.6 is 23.4 Å². The molecule has 2 N–H and O–H groups in total. The fourth-order valence-electron chi connectivity index (χ4n) is 5.36. The number of carboxylic acid groups (broad SMARTS) is 1. The van der Waals surface area contributed by atoms with Crippen LogP contribution in [0.4, 0.5) is 0 Å². The van der Waals surface area contributed by atoms with Gasteiger partial charge in [-0.3, -0.25) is 4.79 Å². The van der Waals surface area contributed by atoms with Gasteiger partial charge in [-0.2, -0.15) is 11.8 Å². The van der Waals surface area contributed by atoms with Crippen molar-refractivity contribution in [2.45, 2.75) is 56.8 Å². The minimum Gasteiger partial charge on any atom is -0.481 e. The van der Waals surface area contributed by atoms with Crippen LogP contribution in [-0.2, 0) is 16.8 Å². The van der Waals surface area contributed by atoms with E-state index in [-0.39, 0.29) is 46.6 Å². The molecule has 5 rings (SSSR count). The minimum absolute atomic E-state index is 0. The van der Waals surface area contributed by atoms with Crippen LogP contribution in [0.25, 0.3) is 23.1 Å². The van der Waals surface area contributed by atoms with Gasteiger partial charge in [0.2, 0.25) is 0 Å². The van der Waals surface area contributed by atoms with E-state index in [0.717, 1.165) is 64.7 Å². The molecule has 42 heavy (non-hydrogen) atoms. The molecule has 4 aromatic rings. The van der Waals surface area contributed by atoms with Crippen molar-refractivity contribution in [3.05, 3.63) is 112 Å². The summed E-state index contributed by atoms with van der Waals surface area (Å²) in [5, 5.41) is 22.1. The summed E-state index contributed by atoms with van der Waals surface area (Å²) >= 11 is 8.04. The Balaban J connectivity index is 0.00000405. The quantitative estimate of drug-likeness (QED) is 0.158. The molecule has 0 unspecified atom stereocenters. The number of aliphatic hydroxyl groups is 1. The summed E-state index contributed by atoms with van der Waals surface area (Å²) in [6.07, 6.45) is 8.02. The molecule has 1 aliphatic carbocycles. The average Bonchev–Trinajstić information content (AvgIpc) is 3.70. The molecule has 1 heterocycles. The van der Waals surface area contributed by atoms with Crippen molar-refractivity contribution in [3.8, 4) is 0 Å². The van der Waals surface area contributed by atoms with E-state index in [9.17, 15) is 15.0 Å². The number of nitrogens with zero attached hydrogens (tertiary/aromatic N) is 1. The van der Waals surface area contributed by atoms with Crippen molar-refractivity contribution < 1.29 is 15.0 Å². The number of carbonyl (C=O) groups is 1. The molecule has 0 bridgehead atoms. The summed E-state index contributed by atoms with van der Waals surface area (Å²) in [5.74, 6) is 0.122. The maximum absolute atomic E-state index is 11.5. The first kappa shape index (κ1) is 32.8. The zero-order valence-electron chi connectivity index (χ0n) is 24.5. The second kappa shape index (κ2) is 14.1. The summed E-state index contributed by atoms with van der Waals surface area (Å²) in [6.45, 7) is 3.66. The number of thioether (sulfide) groups is 1. The Kier molecular flexibility index (Phi) is 11.0. The van der Waals surface area contributed by atoms with Crippen molar-refractivity contribution in [1.29, 1.82) is 0 Å². The Morgan fingerprint density at radius 1 is 1.05 bits per heavy atom. The summed E-state index contributed by atoms with van der Waals surface area (Å²) in [7, 11) is 0. The number of benzene rings is 3. The fraction of sp³-hybridized carbons (Fsp3) is 0.314. The van der Waals surface area contributed by atoms with Crippen molar-refractivity contribution in [2.24, 2.45) is 5.41 Å². The number of halogens is 1. The van der Waals surface area contributed by atoms with Gasteiger partial charge in [-0.05, 0) is 91.5 Å². The number of aryl methyl sites for hydroxylation is 1. The molecule has 3 aromatic carbocycles. The molecule has 0 spiro atoms. The van der Waals surface area contributed by atoms with Gasteiger partial charge < -0.3 is 10.2 Å². The van der Waals surface area contributed by atoms with Gasteiger partial charge in [0.1, 0.15) is 0 Å². The smallest absolute Gasteiger partial charge is 0.303 e. The minimum atomic E-state index is -0.911. The molecule has 0 aliphatic heterocycles. The van der Waals surface area contributed by atoms with Gasteiger partial charge in [0, 0.05) is 51.0 Å². The van der Waals surface area contributed by atoms with Gasteiger partial charge in [-0.15, -0.1) is 0 Å². The van der Waals surface area contributed by atoms with Gasteiger partial charge in [0.05, 0.1) is 23.2 Å². The largest absolute Gasteiger partial charge is 0.481 e. The molecule has 4 nitrogen and oxygen atoms in total. The number of aromatic nitrogens is 1. The van der Waals surface area contributed by atoms with Crippen molar-refractivity contribution >= 4 is 81.9 Å². The first-order valence-electron chi connectivity index (χ1n) is 14.1. The molecule has 1 aliphatic rings. The van der Waals surface area contributed by atoms with Crippen LogP contribution in [0.3, 0.4) is 0 Å². The van der Waals surface area contributed by atoms with Crippen LogP contribution in [0.5, 0.6) is 0 Å². The van der Waals surface area contributed by atoms with Crippen LogP contribution in [0.15, 0.2) is 78.9 Å². The maximum atomic E-state index is 11.5. The number of carboxylic acids is 1. The van der Waals surface area contributed by atoms with Crippen LogP contribution in [-0.4, -0.2) is 56.5 Å². The molecule has 0 amide bonds. The monoisotopic (exact) mass is 608 g/mol. The molecule has 213 valence electrons. The summed E-state index contributed by atoms with van der Waals surface area (Å²) in [5.41, 5.74) is 5.15. The van der Waals surface area contributed by atoms with E-state index in [2.05, 4.69) is 42.5 Å². The molecular weight excluding hydrogens is 573 g/mol. The second-order valence-electron chi connectivity index (χ2n) is 11.7. The molecule has 1 saturated carbocycles. The van der Waals surface area contributed by atoms with E-state index in [4.69, 9.17) is 16.6 Å². The molecule has 1 radical (unpaired) electrons. The summed E-state index contributed by atoms with van der Waals surface area (Å²) in [4.78, 5) is 16.2. The number of hydrogen-bond donors (Lipinski definition) is 2. The molecule has 1 fully saturated rings. The number of hydrogen-bond acceptors (Lipinski definition) is 4. The third-order valence-corrected chi connectivity index (χ3v) is 9.76. The normalized spacial score (nSPS) is 15.0. The van der Waals surface area contributed by atoms with Crippen molar-refractivity contribution in [1.82, 2.24) is 4.98 Å². The van der Waals surface area contributed by atoms with E-state index >= 15 is 0 Å². The average molecular weight is 609 g/mol. The van der Waals surface area contributed by atoms with Gasteiger partial charge in [0.25, 0.3) is 0 Å². The van der Waals surface area contributed by atoms with Crippen molar-refractivity contribution in [2.75, 3.05) is 5.75 Å². The summed E-state index contributed by atoms with van der Waals surface area (Å²) in [6, 6.07) is 26.5. The molecule has 0 saturated heterocycles. The van der Waals surface area contributed by atoms with Crippen LogP contribution in [0, 0.1) is 5.41 Å². The Morgan fingerprint density at radius 3 is 2.55 bits per heavy atom. The van der Waals surface area contributed by atoms with Crippen LogP contribution in [0.2, 0.25) is 5.02 Å². The first-order valence-corrected chi connectivity index (χ1v) is 15.5. The Hall–Kier alpha value is -2.12. The molecule has 1 atom stereocenters. The van der Waals surface area contributed by atoms with E-state index in [1.54, 1.807) is 0 Å². The Morgan fingerprint density at radius 2 is 1.81 bits per heavy atom. The fourth-order valence-corrected chi connectivity index (χ4v) is 7.09. The zero-order valence-corrected chi connectivity index (χ0v) is 28.1. The van der Waals surface area contributed by atoms with E-state index in [1.807, 2.05) is 74.1 Å². The number of aliphatic carboxylic acids is 1. The summed E-state index contributed by atoms with van der Waals surface area (Å²) < 4.78 is 0. The standard InChI is InChI=1S/C35H36ClNO3S.Na/c1-34(2,40)30-9-4-3-7-25(30)13-17-32(41-23-35(18-19-35)22-33(38)39)27-8-5-6-24(20-27)10-15-29-16-12-26-11-14-28(36)21-31(26)37-29;/h3-12,14-16,20-21,32,40H,13,17-19,22-23H2,1-2H3,(H,38,39);/b15-10+;/t32-;/m1./s1.